The fraction of sp³-hybridized carbons (Fsp3) is 0.0741. The quantitative estimate of drug-likeness (QED) is 0.349. The van der Waals surface area contributed by atoms with Gasteiger partial charge in [-0.05, 0) is 59.2 Å². The van der Waals surface area contributed by atoms with Gasteiger partial charge in [-0.15, -0.1) is 0 Å². The monoisotopic (exact) mass is 475 g/mol. The molecule has 0 unspecified atom stereocenters. The Morgan fingerprint density at radius 3 is 2.26 bits per heavy atom. The van der Waals surface area contributed by atoms with Crippen molar-refractivity contribution in [1.82, 2.24) is 4.98 Å². The molecule has 0 fully saturated rings. The Hall–Kier alpha value is -4.46. The van der Waals surface area contributed by atoms with Gasteiger partial charge >= 0.3 is 6.18 Å². The predicted octanol–water partition coefficient (Wildman–Crippen LogP) is 6.20. The highest BCUT2D eigenvalue weighted by molar-refractivity contribution is 6.08. The number of nitrogens with one attached hydrogen (secondary N) is 2. The topological polar surface area (TPSA) is 71.1 Å². The number of carbonyl (C=O) groups excluding carboxylic acids is 2. The molecule has 2 amide bonds. The molecule has 1 aromatic heterocycles. The van der Waals surface area contributed by atoms with Gasteiger partial charge in [-0.3, -0.25) is 9.59 Å². The molecule has 35 heavy (non-hydrogen) atoms. The van der Waals surface area contributed by atoms with E-state index in [9.17, 15) is 22.8 Å². The Morgan fingerprint density at radius 2 is 1.54 bits per heavy atom. The molecule has 5 nitrogen and oxygen atoms in total. The summed E-state index contributed by atoms with van der Waals surface area (Å²) in [5.41, 5.74) is 1.72. The number of amides is 2. The molecular formula is C27H20F3N3O2. The Bertz CT molecular complexity index is 1340. The molecule has 0 atom stereocenters. The molecule has 3 aromatic carbocycles. The van der Waals surface area contributed by atoms with Gasteiger partial charge in [-0.25, -0.2) is 4.98 Å². The van der Waals surface area contributed by atoms with Crippen LogP contribution in [0.5, 0.6) is 0 Å². The number of aromatic nitrogens is 1. The Labute approximate surface area is 199 Å². The summed E-state index contributed by atoms with van der Waals surface area (Å²) in [6.07, 6.45) is -2.77. The van der Waals surface area contributed by atoms with E-state index in [2.05, 4.69) is 15.6 Å². The molecule has 0 radical (unpaired) electrons. The van der Waals surface area contributed by atoms with Crippen molar-refractivity contribution in [3.05, 3.63) is 114 Å². The molecule has 0 aliphatic rings. The first-order valence-corrected chi connectivity index (χ1v) is 10.7. The van der Waals surface area contributed by atoms with E-state index in [1.807, 2.05) is 0 Å². The molecule has 4 aromatic rings. The summed E-state index contributed by atoms with van der Waals surface area (Å²) in [5.74, 6) is -0.225. The van der Waals surface area contributed by atoms with Crippen molar-refractivity contribution < 1.29 is 22.8 Å². The van der Waals surface area contributed by atoms with E-state index in [0.29, 0.717) is 33.8 Å². The molecule has 0 saturated heterocycles. The summed E-state index contributed by atoms with van der Waals surface area (Å²) in [6.45, 7) is 0. The van der Waals surface area contributed by atoms with Crippen molar-refractivity contribution >= 4 is 23.3 Å². The van der Waals surface area contributed by atoms with Crippen molar-refractivity contribution in [3.8, 4) is 11.1 Å². The molecule has 4 rings (SSSR count). The largest absolute Gasteiger partial charge is 0.416 e. The maximum atomic E-state index is 13.0. The van der Waals surface area contributed by atoms with Gasteiger partial charge in [0.25, 0.3) is 5.91 Å². The number of rotatable bonds is 6. The number of anilines is 2. The first kappa shape index (κ1) is 23.7. The van der Waals surface area contributed by atoms with Crippen LogP contribution in [0.2, 0.25) is 0 Å². The van der Waals surface area contributed by atoms with Crippen molar-refractivity contribution in [2.75, 3.05) is 10.6 Å². The number of benzene rings is 3. The molecule has 0 aliphatic heterocycles. The van der Waals surface area contributed by atoms with Crippen LogP contribution >= 0.6 is 0 Å². The smallest absolute Gasteiger partial charge is 0.322 e. The van der Waals surface area contributed by atoms with Crippen LogP contribution in [-0.2, 0) is 17.4 Å². The highest BCUT2D eigenvalue weighted by Gasteiger charge is 2.30. The number of halogens is 3. The zero-order valence-corrected chi connectivity index (χ0v) is 18.3. The second-order valence-corrected chi connectivity index (χ2v) is 7.72. The van der Waals surface area contributed by atoms with E-state index in [4.69, 9.17) is 0 Å². The van der Waals surface area contributed by atoms with E-state index in [1.165, 1.54) is 12.1 Å². The summed E-state index contributed by atoms with van der Waals surface area (Å²) >= 11 is 0. The van der Waals surface area contributed by atoms with Gasteiger partial charge in [0.1, 0.15) is 5.82 Å². The highest BCUT2D eigenvalue weighted by Crippen LogP contribution is 2.32. The van der Waals surface area contributed by atoms with Crippen LogP contribution in [0.15, 0.2) is 97.2 Å². The van der Waals surface area contributed by atoms with Crippen LogP contribution in [-0.4, -0.2) is 16.8 Å². The van der Waals surface area contributed by atoms with Crippen LogP contribution in [0.25, 0.3) is 11.1 Å². The zero-order valence-electron chi connectivity index (χ0n) is 18.3. The van der Waals surface area contributed by atoms with Gasteiger partial charge in [0.15, 0.2) is 0 Å². The Morgan fingerprint density at radius 1 is 0.800 bits per heavy atom. The number of alkyl halides is 3. The first-order valence-electron chi connectivity index (χ1n) is 10.7. The molecule has 8 heteroatoms. The lowest BCUT2D eigenvalue weighted by Gasteiger charge is -2.12. The second-order valence-electron chi connectivity index (χ2n) is 7.72. The van der Waals surface area contributed by atoms with Gasteiger partial charge in [-0.2, -0.15) is 13.2 Å². The average Bonchev–Trinajstić information content (AvgIpc) is 2.84. The minimum absolute atomic E-state index is 0.0857. The maximum Gasteiger partial charge on any atom is 0.416 e. The summed E-state index contributed by atoms with van der Waals surface area (Å²) in [4.78, 5) is 29.4. The third-order valence-electron chi connectivity index (χ3n) is 5.18. The number of pyridine rings is 1. The van der Waals surface area contributed by atoms with Gasteiger partial charge in [0, 0.05) is 17.4 Å². The molecule has 1 heterocycles. The fourth-order valence-electron chi connectivity index (χ4n) is 3.54. The maximum absolute atomic E-state index is 13.0. The number of hydrogen-bond acceptors (Lipinski definition) is 3. The van der Waals surface area contributed by atoms with Gasteiger partial charge < -0.3 is 10.6 Å². The Balaban J connectivity index is 1.48. The summed E-state index contributed by atoms with van der Waals surface area (Å²) in [6, 6.07) is 23.4. The van der Waals surface area contributed by atoms with E-state index < -0.39 is 17.6 Å². The zero-order chi connectivity index (χ0) is 24.8. The van der Waals surface area contributed by atoms with Crippen LogP contribution in [0.3, 0.4) is 0 Å². The van der Waals surface area contributed by atoms with Gasteiger partial charge in [0.2, 0.25) is 5.91 Å². The van der Waals surface area contributed by atoms with Crippen LogP contribution in [0, 0.1) is 0 Å². The molecule has 176 valence electrons. The van der Waals surface area contributed by atoms with Crippen molar-refractivity contribution in [2.24, 2.45) is 0 Å². The lowest BCUT2D eigenvalue weighted by Crippen LogP contribution is -2.16. The van der Waals surface area contributed by atoms with E-state index in [-0.39, 0.29) is 12.3 Å². The molecule has 0 spiro atoms. The van der Waals surface area contributed by atoms with E-state index >= 15 is 0 Å². The SMILES string of the molecule is O=C(Cc1cccc(NC(=O)c2ccccc2-c2ccc(C(F)(F)F)cc2)c1)Nc1ccccn1. The first-order chi connectivity index (χ1) is 16.8. The van der Waals surface area contributed by atoms with E-state index in [0.717, 1.165) is 12.1 Å². The molecule has 0 saturated carbocycles. The molecule has 0 bridgehead atoms. The standard InChI is InChI=1S/C27H20F3N3O2/c28-27(29,30)20-13-11-19(12-14-20)22-8-1-2-9-23(22)26(35)32-21-7-5-6-18(16-21)17-25(34)33-24-10-3-4-15-31-24/h1-16H,17H2,(H,32,35)(H,31,33,34). The predicted molar refractivity (Wildman–Crippen MR) is 128 cm³/mol. The van der Waals surface area contributed by atoms with Crippen molar-refractivity contribution in [3.63, 3.8) is 0 Å². The lowest BCUT2D eigenvalue weighted by atomic mass is 9.98. The van der Waals surface area contributed by atoms with Gasteiger partial charge in [0.05, 0.1) is 12.0 Å². The van der Waals surface area contributed by atoms with Crippen LogP contribution in [0.4, 0.5) is 24.7 Å². The second kappa shape index (κ2) is 10.2. The van der Waals surface area contributed by atoms with Crippen molar-refractivity contribution in [2.45, 2.75) is 12.6 Å². The normalized spacial score (nSPS) is 11.1. The third-order valence-corrected chi connectivity index (χ3v) is 5.18. The average molecular weight is 475 g/mol. The van der Waals surface area contributed by atoms with E-state index in [1.54, 1.807) is 72.9 Å². The molecule has 2 N–H and O–H groups in total. The van der Waals surface area contributed by atoms with Gasteiger partial charge in [-0.1, -0.05) is 48.5 Å². The number of carbonyl (C=O) groups is 2. The minimum Gasteiger partial charge on any atom is -0.322 e. The van der Waals surface area contributed by atoms with Crippen molar-refractivity contribution in [1.29, 1.82) is 0 Å². The highest BCUT2D eigenvalue weighted by atomic mass is 19.4. The fourth-order valence-corrected chi connectivity index (χ4v) is 3.54. The summed E-state index contributed by atoms with van der Waals surface area (Å²) in [5, 5.41) is 5.51. The summed E-state index contributed by atoms with van der Waals surface area (Å²) in [7, 11) is 0. The van der Waals surface area contributed by atoms with Crippen LogP contribution < -0.4 is 10.6 Å². The lowest BCUT2D eigenvalue weighted by molar-refractivity contribution is -0.137. The third kappa shape index (κ3) is 6.11. The molecule has 0 aliphatic carbocycles. The minimum atomic E-state index is -4.44. The number of hydrogen-bond donors (Lipinski definition) is 2. The molecular weight excluding hydrogens is 455 g/mol. The Kier molecular flexibility index (Phi) is 6.91. The summed E-state index contributed by atoms with van der Waals surface area (Å²) < 4.78 is 38.7. The number of nitrogens with zero attached hydrogens (tertiary/aromatic N) is 1. The van der Waals surface area contributed by atoms with Crippen LogP contribution in [0.1, 0.15) is 21.5 Å².